The van der Waals surface area contributed by atoms with E-state index in [0.717, 1.165) is 22.2 Å². The van der Waals surface area contributed by atoms with Crippen LogP contribution in [0.5, 0.6) is 0 Å². The van der Waals surface area contributed by atoms with E-state index in [4.69, 9.17) is 9.40 Å². The van der Waals surface area contributed by atoms with Gasteiger partial charge in [0.15, 0.2) is 5.16 Å². The number of benzene rings is 2. The molecule has 0 atom stereocenters. The summed E-state index contributed by atoms with van der Waals surface area (Å²) in [6.07, 6.45) is 0. The molecule has 0 unspecified atom stereocenters. The minimum atomic E-state index is -0.233. The number of para-hydroxylation sites is 1. The number of furan rings is 1. The second-order valence-corrected chi connectivity index (χ2v) is 8.47. The van der Waals surface area contributed by atoms with E-state index >= 15 is 0 Å². The molecule has 2 aromatic carbocycles. The van der Waals surface area contributed by atoms with E-state index in [1.165, 1.54) is 11.8 Å². The summed E-state index contributed by atoms with van der Waals surface area (Å²) in [7, 11) is 0. The van der Waals surface area contributed by atoms with Crippen LogP contribution in [0.4, 0.5) is 5.69 Å². The largest absolute Gasteiger partial charge is 0.448 e. The SMILES string of the molecule is Cc1cccc(NC(=O)CSc2nc3c(oc4ccccc43)c(=O)n2C(C)C)c1C. The molecule has 0 saturated heterocycles. The number of hydrogen-bond acceptors (Lipinski definition) is 5. The van der Waals surface area contributed by atoms with Crippen molar-refractivity contribution in [1.29, 1.82) is 0 Å². The predicted octanol–water partition coefficient (Wildman–Crippen LogP) is 5.07. The Morgan fingerprint density at radius 3 is 2.70 bits per heavy atom. The van der Waals surface area contributed by atoms with Crippen LogP contribution in [0.1, 0.15) is 31.0 Å². The smallest absolute Gasteiger partial charge is 0.298 e. The molecule has 154 valence electrons. The lowest BCUT2D eigenvalue weighted by Gasteiger charge is -2.15. The molecule has 4 aromatic rings. The molecule has 0 fully saturated rings. The first-order valence-corrected chi connectivity index (χ1v) is 10.8. The number of aryl methyl sites for hydroxylation is 1. The van der Waals surface area contributed by atoms with Gasteiger partial charge in [-0.1, -0.05) is 36.0 Å². The van der Waals surface area contributed by atoms with Crippen molar-refractivity contribution in [1.82, 2.24) is 9.55 Å². The number of rotatable bonds is 5. The fourth-order valence-electron chi connectivity index (χ4n) is 3.39. The first-order valence-electron chi connectivity index (χ1n) is 9.79. The lowest BCUT2D eigenvalue weighted by molar-refractivity contribution is -0.113. The maximum absolute atomic E-state index is 13.1. The second-order valence-electron chi connectivity index (χ2n) is 7.52. The predicted molar refractivity (Wildman–Crippen MR) is 121 cm³/mol. The number of hydrogen-bond donors (Lipinski definition) is 1. The van der Waals surface area contributed by atoms with Gasteiger partial charge in [0.2, 0.25) is 11.5 Å². The highest BCUT2D eigenvalue weighted by Crippen LogP contribution is 2.28. The molecule has 4 rings (SSSR count). The van der Waals surface area contributed by atoms with Crippen LogP contribution in [0.15, 0.2) is 56.8 Å². The number of aromatic nitrogens is 2. The minimum absolute atomic E-state index is 0.118. The topological polar surface area (TPSA) is 77.1 Å². The van der Waals surface area contributed by atoms with E-state index in [1.54, 1.807) is 4.57 Å². The van der Waals surface area contributed by atoms with Crippen molar-refractivity contribution in [2.24, 2.45) is 0 Å². The van der Waals surface area contributed by atoms with E-state index in [9.17, 15) is 9.59 Å². The number of thioether (sulfide) groups is 1. The second kappa shape index (κ2) is 7.99. The van der Waals surface area contributed by atoms with Gasteiger partial charge in [-0.15, -0.1) is 0 Å². The molecule has 0 radical (unpaired) electrons. The number of anilines is 1. The molecule has 2 aromatic heterocycles. The molecule has 30 heavy (non-hydrogen) atoms. The van der Waals surface area contributed by atoms with Crippen LogP contribution >= 0.6 is 11.8 Å². The van der Waals surface area contributed by atoms with Gasteiger partial charge in [0.05, 0.1) is 5.75 Å². The number of nitrogens with one attached hydrogen (secondary N) is 1. The van der Waals surface area contributed by atoms with Crippen LogP contribution in [0, 0.1) is 13.8 Å². The van der Waals surface area contributed by atoms with Crippen molar-refractivity contribution in [2.75, 3.05) is 11.1 Å². The monoisotopic (exact) mass is 421 g/mol. The van der Waals surface area contributed by atoms with E-state index in [1.807, 2.05) is 70.2 Å². The highest BCUT2D eigenvalue weighted by Gasteiger charge is 2.20. The molecule has 0 aliphatic rings. The molecule has 0 spiro atoms. The standard InChI is InChI=1S/C23H23N3O3S/c1-13(2)26-22(28)21-20(16-9-5-6-11-18(16)29-21)25-23(26)30-12-19(27)24-17-10-7-8-14(3)15(17)4/h5-11,13H,12H2,1-4H3,(H,24,27). The highest BCUT2D eigenvalue weighted by atomic mass is 32.2. The van der Waals surface area contributed by atoms with Crippen molar-refractivity contribution in [3.8, 4) is 0 Å². The van der Waals surface area contributed by atoms with E-state index in [-0.39, 0.29) is 28.8 Å². The molecule has 2 heterocycles. The lowest BCUT2D eigenvalue weighted by atomic mass is 10.1. The number of carbonyl (C=O) groups is 1. The van der Waals surface area contributed by atoms with Crippen molar-refractivity contribution in [3.63, 3.8) is 0 Å². The van der Waals surface area contributed by atoms with Gasteiger partial charge >= 0.3 is 0 Å². The fraction of sp³-hybridized carbons (Fsp3) is 0.261. The average Bonchev–Trinajstić information content (AvgIpc) is 3.09. The number of nitrogens with zero attached hydrogens (tertiary/aromatic N) is 2. The molecule has 0 aliphatic carbocycles. The summed E-state index contributed by atoms with van der Waals surface area (Å²) in [5.74, 6) is 0.00351. The molecule has 7 heteroatoms. The van der Waals surface area contributed by atoms with Gasteiger partial charge in [-0.25, -0.2) is 4.98 Å². The Hall–Kier alpha value is -3.06. The third kappa shape index (κ3) is 3.61. The number of fused-ring (bicyclic) bond motifs is 3. The van der Waals surface area contributed by atoms with Crippen molar-refractivity contribution in [2.45, 2.75) is 38.9 Å². The molecule has 6 nitrogen and oxygen atoms in total. The first-order chi connectivity index (χ1) is 14.4. The van der Waals surface area contributed by atoms with Gasteiger partial charge in [-0.2, -0.15) is 0 Å². The van der Waals surface area contributed by atoms with Gasteiger partial charge in [-0.3, -0.25) is 14.2 Å². The fourth-order valence-corrected chi connectivity index (χ4v) is 4.31. The van der Waals surface area contributed by atoms with E-state index in [0.29, 0.717) is 16.3 Å². The first kappa shape index (κ1) is 20.2. The molecular formula is C23H23N3O3S. The zero-order valence-corrected chi connectivity index (χ0v) is 18.2. The molecule has 0 aliphatic heterocycles. The lowest BCUT2D eigenvalue weighted by Crippen LogP contribution is -2.25. The Bertz CT molecular complexity index is 1320. The third-order valence-electron chi connectivity index (χ3n) is 5.12. The van der Waals surface area contributed by atoms with Crippen LogP contribution < -0.4 is 10.9 Å². The van der Waals surface area contributed by atoms with Crippen molar-refractivity contribution >= 4 is 45.4 Å². The molecule has 1 amide bonds. The summed E-state index contributed by atoms with van der Waals surface area (Å²) in [6.45, 7) is 7.82. The van der Waals surface area contributed by atoms with Crippen LogP contribution in [0.2, 0.25) is 0 Å². The van der Waals surface area contributed by atoms with Gasteiger partial charge in [0.1, 0.15) is 11.1 Å². The molecule has 0 saturated carbocycles. The summed E-state index contributed by atoms with van der Waals surface area (Å²) in [5, 5.41) is 4.25. The Morgan fingerprint density at radius 1 is 1.17 bits per heavy atom. The Balaban J connectivity index is 1.67. The maximum atomic E-state index is 13.1. The Morgan fingerprint density at radius 2 is 1.93 bits per heavy atom. The normalized spacial score (nSPS) is 11.5. The van der Waals surface area contributed by atoms with Crippen LogP contribution in [0.25, 0.3) is 22.1 Å². The highest BCUT2D eigenvalue weighted by molar-refractivity contribution is 7.99. The Kier molecular flexibility index (Phi) is 5.39. The van der Waals surface area contributed by atoms with Gasteiger partial charge < -0.3 is 9.73 Å². The van der Waals surface area contributed by atoms with Gasteiger partial charge in [0.25, 0.3) is 5.56 Å². The van der Waals surface area contributed by atoms with Crippen molar-refractivity contribution in [3.05, 3.63) is 63.9 Å². The van der Waals surface area contributed by atoms with Crippen LogP contribution in [-0.4, -0.2) is 21.2 Å². The Labute approximate surface area is 178 Å². The van der Waals surface area contributed by atoms with Gasteiger partial charge in [-0.05, 0) is 57.0 Å². The third-order valence-corrected chi connectivity index (χ3v) is 6.08. The quantitative estimate of drug-likeness (QED) is 0.360. The zero-order chi connectivity index (χ0) is 21.4. The van der Waals surface area contributed by atoms with Crippen molar-refractivity contribution < 1.29 is 9.21 Å². The molecule has 1 N–H and O–H groups in total. The van der Waals surface area contributed by atoms with Crippen LogP contribution in [0.3, 0.4) is 0 Å². The molecular weight excluding hydrogens is 398 g/mol. The molecule has 0 bridgehead atoms. The zero-order valence-electron chi connectivity index (χ0n) is 17.4. The average molecular weight is 422 g/mol. The summed E-state index contributed by atoms with van der Waals surface area (Å²) in [6, 6.07) is 13.1. The number of amides is 1. The van der Waals surface area contributed by atoms with E-state index in [2.05, 4.69) is 5.32 Å². The summed E-state index contributed by atoms with van der Waals surface area (Å²) >= 11 is 1.25. The number of carbonyl (C=O) groups excluding carboxylic acids is 1. The summed E-state index contributed by atoms with van der Waals surface area (Å²) in [4.78, 5) is 30.4. The summed E-state index contributed by atoms with van der Waals surface area (Å²) in [5.41, 5.74) is 4.13. The van der Waals surface area contributed by atoms with E-state index < -0.39 is 0 Å². The summed E-state index contributed by atoms with van der Waals surface area (Å²) < 4.78 is 7.36. The minimum Gasteiger partial charge on any atom is -0.448 e. The maximum Gasteiger partial charge on any atom is 0.298 e. The van der Waals surface area contributed by atoms with Gasteiger partial charge in [0, 0.05) is 17.1 Å². The van der Waals surface area contributed by atoms with Crippen LogP contribution in [-0.2, 0) is 4.79 Å².